The Morgan fingerprint density at radius 3 is 2.12 bits per heavy atom. The van der Waals surface area contributed by atoms with Crippen molar-refractivity contribution in [3.63, 3.8) is 0 Å². The normalized spacial score (nSPS) is 16.3. The molecule has 274 valence electrons. The number of nitrogens with one attached hydrogen (secondary N) is 4. The van der Waals surface area contributed by atoms with Gasteiger partial charge in [-0.2, -0.15) is 5.21 Å². The van der Waals surface area contributed by atoms with Gasteiger partial charge >= 0.3 is 12.1 Å². The molecule has 4 aromatic rings. The monoisotopic (exact) mass is 717 g/mol. The van der Waals surface area contributed by atoms with E-state index in [1.165, 1.54) is 0 Å². The minimum Gasteiger partial charge on any atom is -0.465 e. The topological polar surface area (TPSA) is 177 Å². The number of amides is 3. The fraction of sp³-hybridized carbons (Fsp3) is 0.378. The van der Waals surface area contributed by atoms with Crippen LogP contribution in [0, 0.1) is 23.5 Å². The SMILES string of the molecule is COC(=O)c1c(F)cc(-c2ccc(C[C@H](NC(=O)C3CCC(CNC(=O)OC(C)(C)C)CC3)C(=O)Nc3ccc(-c4nn[nH]n4)cc3)cc2)cc1F. The van der Waals surface area contributed by atoms with Crippen LogP contribution in [0.15, 0.2) is 60.7 Å². The molecule has 0 aliphatic heterocycles. The summed E-state index contributed by atoms with van der Waals surface area (Å²) in [6, 6.07) is 14.7. The maximum absolute atomic E-state index is 14.6. The number of aromatic nitrogens is 4. The van der Waals surface area contributed by atoms with Crippen LogP contribution in [0.25, 0.3) is 22.5 Å². The van der Waals surface area contributed by atoms with Crippen molar-refractivity contribution in [2.45, 2.75) is 64.5 Å². The molecule has 5 rings (SSSR count). The summed E-state index contributed by atoms with van der Waals surface area (Å²) in [6.45, 7) is 5.84. The van der Waals surface area contributed by atoms with Crippen LogP contribution in [0.4, 0.5) is 19.3 Å². The zero-order chi connectivity index (χ0) is 37.4. The maximum atomic E-state index is 14.6. The lowest BCUT2D eigenvalue weighted by atomic mass is 9.81. The molecule has 0 spiro atoms. The predicted octanol–water partition coefficient (Wildman–Crippen LogP) is 5.60. The quantitative estimate of drug-likeness (QED) is 0.144. The zero-order valence-electron chi connectivity index (χ0n) is 29.3. The van der Waals surface area contributed by atoms with Crippen molar-refractivity contribution >= 4 is 29.6 Å². The molecule has 1 heterocycles. The molecule has 0 bridgehead atoms. The summed E-state index contributed by atoms with van der Waals surface area (Å²) in [6.07, 6.45) is 2.28. The summed E-state index contributed by atoms with van der Waals surface area (Å²) >= 11 is 0. The van der Waals surface area contributed by atoms with Crippen molar-refractivity contribution in [2.75, 3.05) is 19.0 Å². The molecule has 4 N–H and O–H groups in total. The van der Waals surface area contributed by atoms with E-state index in [1.54, 1.807) is 69.3 Å². The fourth-order valence-electron chi connectivity index (χ4n) is 5.99. The van der Waals surface area contributed by atoms with E-state index in [4.69, 9.17) is 4.74 Å². The van der Waals surface area contributed by atoms with Crippen molar-refractivity contribution in [1.29, 1.82) is 0 Å². The van der Waals surface area contributed by atoms with Crippen LogP contribution in [-0.4, -0.2) is 69.8 Å². The second kappa shape index (κ2) is 16.5. The molecular formula is C37H41F2N7O6. The molecule has 1 aromatic heterocycles. The van der Waals surface area contributed by atoms with Crippen molar-refractivity contribution in [2.24, 2.45) is 11.8 Å². The average Bonchev–Trinajstić information content (AvgIpc) is 3.65. The minimum atomic E-state index is -1.12. The number of carbonyl (C=O) groups is 4. The van der Waals surface area contributed by atoms with Gasteiger partial charge in [0, 0.05) is 30.1 Å². The number of benzene rings is 3. The first-order valence-electron chi connectivity index (χ1n) is 16.9. The highest BCUT2D eigenvalue weighted by Crippen LogP contribution is 2.30. The largest absolute Gasteiger partial charge is 0.465 e. The molecule has 1 saturated carbocycles. The van der Waals surface area contributed by atoms with E-state index in [9.17, 15) is 28.0 Å². The predicted molar refractivity (Wildman–Crippen MR) is 187 cm³/mol. The van der Waals surface area contributed by atoms with Gasteiger partial charge in [0.2, 0.25) is 17.6 Å². The third-order valence-electron chi connectivity index (χ3n) is 8.70. The Bertz CT molecular complexity index is 1850. The van der Waals surface area contributed by atoms with Crippen LogP contribution in [-0.2, 0) is 25.5 Å². The third kappa shape index (κ3) is 9.95. The highest BCUT2D eigenvalue weighted by atomic mass is 19.1. The van der Waals surface area contributed by atoms with Crippen molar-refractivity contribution in [3.05, 3.63) is 83.4 Å². The number of aromatic amines is 1. The van der Waals surface area contributed by atoms with Crippen molar-refractivity contribution in [1.82, 2.24) is 31.3 Å². The van der Waals surface area contributed by atoms with Crippen LogP contribution in [0.3, 0.4) is 0 Å². The van der Waals surface area contributed by atoms with Gasteiger partial charge in [-0.05, 0) is 111 Å². The molecule has 0 saturated heterocycles. The van der Waals surface area contributed by atoms with Crippen LogP contribution in [0.5, 0.6) is 0 Å². The molecule has 0 radical (unpaired) electrons. The van der Waals surface area contributed by atoms with Gasteiger partial charge in [-0.1, -0.05) is 24.3 Å². The molecule has 1 fully saturated rings. The number of halogens is 2. The van der Waals surface area contributed by atoms with Gasteiger partial charge in [0.15, 0.2) is 0 Å². The number of alkyl carbamates (subject to hydrolysis) is 1. The van der Waals surface area contributed by atoms with Crippen LogP contribution in [0.2, 0.25) is 0 Å². The van der Waals surface area contributed by atoms with E-state index in [0.717, 1.165) is 32.1 Å². The van der Waals surface area contributed by atoms with Gasteiger partial charge < -0.3 is 25.4 Å². The highest BCUT2D eigenvalue weighted by Gasteiger charge is 2.30. The Balaban J connectivity index is 1.26. The Kier molecular flexibility index (Phi) is 11.9. The average molecular weight is 718 g/mol. The summed E-state index contributed by atoms with van der Waals surface area (Å²) in [5, 5.41) is 22.5. The first-order valence-corrected chi connectivity index (χ1v) is 16.9. The summed E-state index contributed by atoms with van der Waals surface area (Å²) in [5.74, 6) is -3.64. The Morgan fingerprint density at radius 2 is 1.54 bits per heavy atom. The van der Waals surface area contributed by atoms with Gasteiger partial charge in [0.25, 0.3) is 0 Å². The van der Waals surface area contributed by atoms with Gasteiger partial charge in [-0.3, -0.25) is 9.59 Å². The van der Waals surface area contributed by atoms with E-state index in [0.29, 0.717) is 47.6 Å². The molecule has 1 atom stereocenters. The first kappa shape index (κ1) is 37.5. The number of hydrogen-bond acceptors (Lipinski definition) is 9. The minimum absolute atomic E-state index is 0.123. The standard InChI is InChI=1S/C37H41F2N7O6/c1-37(2,3)52-36(50)40-20-22-7-11-25(12-8-22)33(47)42-30(34(48)41-27-15-13-24(14-16-27)32-43-45-46-44-32)17-21-5-9-23(10-6-21)26-18-28(38)31(29(39)19-26)35(49)51-4/h5-6,9-10,13-16,18-19,22,25,30H,7-8,11-12,17,20H2,1-4H3,(H,40,50)(H,41,48)(H,42,47)(H,43,44,45,46)/t22?,25?,30-/m0/s1. The third-order valence-corrected chi connectivity index (χ3v) is 8.70. The molecule has 13 nitrogen and oxygen atoms in total. The molecule has 0 unspecified atom stereocenters. The van der Waals surface area contributed by atoms with E-state index in [1.807, 2.05) is 0 Å². The fourth-order valence-corrected chi connectivity index (χ4v) is 5.99. The zero-order valence-corrected chi connectivity index (χ0v) is 29.3. The van der Waals surface area contributed by atoms with Gasteiger partial charge in [0.1, 0.15) is 28.8 Å². The molecule has 52 heavy (non-hydrogen) atoms. The molecule has 15 heteroatoms. The number of hydrogen-bond donors (Lipinski definition) is 4. The highest BCUT2D eigenvalue weighted by molar-refractivity contribution is 5.98. The summed E-state index contributed by atoms with van der Waals surface area (Å²) in [4.78, 5) is 51.1. The molecule has 3 aromatic carbocycles. The molecule has 1 aliphatic carbocycles. The number of carbonyl (C=O) groups excluding carboxylic acids is 4. The number of methoxy groups -OCH3 is 1. The molecule has 1 aliphatic rings. The van der Waals surface area contributed by atoms with Crippen molar-refractivity contribution < 1.29 is 37.4 Å². The number of nitrogens with zero attached hydrogens (tertiary/aromatic N) is 3. The summed E-state index contributed by atoms with van der Waals surface area (Å²) in [5.41, 5.74) is 1.17. The summed E-state index contributed by atoms with van der Waals surface area (Å²) < 4.78 is 39.0. The van der Waals surface area contributed by atoms with Crippen LogP contribution < -0.4 is 16.0 Å². The Morgan fingerprint density at radius 1 is 0.904 bits per heavy atom. The number of H-pyrrole nitrogens is 1. The van der Waals surface area contributed by atoms with Gasteiger partial charge in [-0.25, -0.2) is 18.4 Å². The van der Waals surface area contributed by atoms with Gasteiger partial charge in [-0.15, -0.1) is 10.2 Å². The van der Waals surface area contributed by atoms with E-state index >= 15 is 0 Å². The number of tetrazole rings is 1. The number of ether oxygens (including phenoxy) is 2. The van der Waals surface area contributed by atoms with E-state index in [2.05, 4.69) is 41.3 Å². The molecule has 3 amide bonds. The number of rotatable bonds is 11. The second-order valence-electron chi connectivity index (χ2n) is 13.7. The second-order valence-corrected chi connectivity index (χ2v) is 13.7. The lowest BCUT2D eigenvalue weighted by Crippen LogP contribution is -2.48. The number of esters is 1. The Labute approximate surface area is 299 Å². The summed E-state index contributed by atoms with van der Waals surface area (Å²) in [7, 11) is 1.04. The lowest BCUT2D eigenvalue weighted by Gasteiger charge is -2.29. The van der Waals surface area contributed by atoms with E-state index in [-0.39, 0.29) is 29.7 Å². The van der Waals surface area contributed by atoms with E-state index < -0.39 is 46.8 Å². The maximum Gasteiger partial charge on any atom is 0.407 e. The number of anilines is 1. The first-order chi connectivity index (χ1) is 24.8. The van der Waals surface area contributed by atoms with Crippen LogP contribution >= 0.6 is 0 Å². The lowest BCUT2D eigenvalue weighted by molar-refractivity contribution is -0.130. The Hall–Kier alpha value is -5.73. The molecular weight excluding hydrogens is 676 g/mol. The van der Waals surface area contributed by atoms with Crippen LogP contribution in [0.1, 0.15) is 62.4 Å². The smallest absolute Gasteiger partial charge is 0.407 e. The van der Waals surface area contributed by atoms with Gasteiger partial charge in [0.05, 0.1) is 7.11 Å². The van der Waals surface area contributed by atoms with Crippen molar-refractivity contribution in [3.8, 4) is 22.5 Å².